The average molecular weight is 401 g/mol. The third-order valence-electron chi connectivity index (χ3n) is 3.52. The lowest BCUT2D eigenvalue weighted by Gasteiger charge is -2.04. The lowest BCUT2D eigenvalue weighted by atomic mass is 10.2. The molecule has 9 heteroatoms. The summed E-state index contributed by atoms with van der Waals surface area (Å²) >= 11 is 7.11. The first-order valence-electron chi connectivity index (χ1n) is 7.77. The van der Waals surface area contributed by atoms with E-state index in [2.05, 4.69) is 15.5 Å². The highest BCUT2D eigenvalue weighted by molar-refractivity contribution is 8.00. The van der Waals surface area contributed by atoms with E-state index in [9.17, 15) is 14.9 Å². The Labute approximate surface area is 163 Å². The van der Waals surface area contributed by atoms with Crippen molar-refractivity contribution in [1.29, 1.82) is 0 Å². The molecule has 1 heterocycles. The van der Waals surface area contributed by atoms with E-state index in [1.807, 2.05) is 30.3 Å². The van der Waals surface area contributed by atoms with E-state index in [1.165, 1.54) is 30.1 Å². The third-order valence-corrected chi connectivity index (χ3v) is 4.89. The summed E-state index contributed by atoms with van der Waals surface area (Å²) in [4.78, 5) is 27.5. The van der Waals surface area contributed by atoms with Crippen molar-refractivity contribution in [1.82, 2.24) is 10.4 Å². The topological polar surface area (TPSA) is 97.5 Å². The van der Waals surface area contributed by atoms with E-state index in [-0.39, 0.29) is 22.4 Å². The number of hydrogen-bond acceptors (Lipinski definition) is 6. The molecule has 0 spiro atoms. The van der Waals surface area contributed by atoms with Gasteiger partial charge < -0.3 is 0 Å². The van der Waals surface area contributed by atoms with Crippen LogP contribution in [0.25, 0.3) is 10.9 Å². The van der Waals surface area contributed by atoms with Crippen LogP contribution in [0.2, 0.25) is 5.02 Å². The van der Waals surface area contributed by atoms with Crippen LogP contribution in [0.5, 0.6) is 0 Å². The van der Waals surface area contributed by atoms with Crippen LogP contribution in [-0.4, -0.2) is 27.8 Å². The molecule has 7 nitrogen and oxygen atoms in total. The number of amides is 1. The number of carbonyl (C=O) groups excluding carboxylic acids is 1. The zero-order valence-electron chi connectivity index (χ0n) is 13.8. The first-order valence-corrected chi connectivity index (χ1v) is 9.13. The molecule has 3 rings (SSSR count). The van der Waals surface area contributed by atoms with Crippen LogP contribution in [0, 0.1) is 10.1 Å². The molecule has 0 aliphatic carbocycles. The lowest BCUT2D eigenvalue weighted by molar-refractivity contribution is -0.384. The first kappa shape index (κ1) is 18.8. The molecule has 27 heavy (non-hydrogen) atoms. The minimum Gasteiger partial charge on any atom is -0.272 e. The Bertz CT molecular complexity index is 1040. The van der Waals surface area contributed by atoms with Crippen molar-refractivity contribution in [3.63, 3.8) is 0 Å². The van der Waals surface area contributed by atoms with Gasteiger partial charge in [-0.1, -0.05) is 35.9 Å². The molecule has 0 saturated carbocycles. The molecule has 1 amide bonds. The van der Waals surface area contributed by atoms with Crippen molar-refractivity contribution >= 4 is 52.1 Å². The van der Waals surface area contributed by atoms with E-state index < -0.39 is 4.92 Å². The number of thioether (sulfide) groups is 1. The van der Waals surface area contributed by atoms with Crippen molar-refractivity contribution in [2.75, 3.05) is 5.75 Å². The molecular formula is C18H13ClN4O3S. The van der Waals surface area contributed by atoms with Crippen LogP contribution in [-0.2, 0) is 4.79 Å². The molecule has 1 aromatic heterocycles. The van der Waals surface area contributed by atoms with Gasteiger partial charge in [0.25, 0.3) is 5.69 Å². The number of aromatic nitrogens is 1. The Morgan fingerprint density at radius 3 is 2.93 bits per heavy atom. The molecule has 3 aromatic rings. The van der Waals surface area contributed by atoms with Crippen LogP contribution in [0.4, 0.5) is 5.69 Å². The highest BCUT2D eigenvalue weighted by Crippen LogP contribution is 2.26. The molecule has 0 bridgehead atoms. The van der Waals surface area contributed by atoms with Gasteiger partial charge in [0.1, 0.15) is 5.02 Å². The molecule has 2 aromatic carbocycles. The summed E-state index contributed by atoms with van der Waals surface area (Å²) in [5, 5.41) is 15.7. The number of halogens is 1. The molecule has 1 N–H and O–H groups in total. The molecule has 0 aliphatic rings. The van der Waals surface area contributed by atoms with Crippen molar-refractivity contribution < 1.29 is 9.72 Å². The normalized spacial score (nSPS) is 11.0. The fourth-order valence-corrected chi connectivity index (χ4v) is 3.32. The molecule has 0 fully saturated rings. The minimum absolute atomic E-state index is 0.0429. The number of benzene rings is 2. The number of nitro benzene ring substituents is 1. The Hall–Kier alpha value is -2.97. The van der Waals surface area contributed by atoms with Crippen molar-refractivity contribution in [2.24, 2.45) is 5.10 Å². The molecule has 0 unspecified atom stereocenters. The summed E-state index contributed by atoms with van der Waals surface area (Å²) in [7, 11) is 0. The number of para-hydroxylation sites is 1. The molecular weight excluding hydrogens is 388 g/mol. The number of nitrogens with zero attached hydrogens (tertiary/aromatic N) is 3. The van der Waals surface area contributed by atoms with Gasteiger partial charge in [-0.05, 0) is 18.2 Å². The SMILES string of the molecule is O=C(CSc1cccc2cccnc12)N/N=C\c1ccc(Cl)c([N+](=O)[O-])c1. The Morgan fingerprint density at radius 2 is 2.11 bits per heavy atom. The van der Waals surface area contributed by atoms with Gasteiger partial charge in [-0.2, -0.15) is 5.10 Å². The van der Waals surface area contributed by atoms with E-state index >= 15 is 0 Å². The maximum Gasteiger partial charge on any atom is 0.288 e. The van der Waals surface area contributed by atoms with Crippen molar-refractivity contribution in [3.8, 4) is 0 Å². The number of carbonyl (C=O) groups is 1. The number of pyridine rings is 1. The van der Waals surface area contributed by atoms with Crippen LogP contribution in [0.15, 0.2) is 64.7 Å². The van der Waals surface area contributed by atoms with E-state index in [0.717, 1.165) is 15.8 Å². The Morgan fingerprint density at radius 1 is 1.30 bits per heavy atom. The fraction of sp³-hybridized carbons (Fsp3) is 0.0556. The smallest absolute Gasteiger partial charge is 0.272 e. The van der Waals surface area contributed by atoms with Crippen molar-refractivity contribution in [3.05, 3.63) is 75.4 Å². The van der Waals surface area contributed by atoms with E-state index in [0.29, 0.717) is 5.56 Å². The van der Waals surface area contributed by atoms with Gasteiger partial charge >= 0.3 is 0 Å². The summed E-state index contributed by atoms with van der Waals surface area (Å²) < 4.78 is 0. The summed E-state index contributed by atoms with van der Waals surface area (Å²) in [5.41, 5.74) is 3.48. The summed E-state index contributed by atoms with van der Waals surface area (Å²) in [6.07, 6.45) is 3.04. The maximum atomic E-state index is 12.0. The number of fused-ring (bicyclic) bond motifs is 1. The highest BCUT2D eigenvalue weighted by atomic mass is 35.5. The summed E-state index contributed by atoms with van der Waals surface area (Å²) in [5.74, 6) is -0.138. The molecule has 0 radical (unpaired) electrons. The maximum absolute atomic E-state index is 12.0. The second-order valence-electron chi connectivity index (χ2n) is 5.38. The van der Waals surface area contributed by atoms with Crippen molar-refractivity contribution in [2.45, 2.75) is 4.90 Å². The quantitative estimate of drug-likeness (QED) is 0.291. The second-order valence-corrected chi connectivity index (χ2v) is 6.81. The standard InChI is InChI=1S/C18H13ClN4O3S/c19-14-7-6-12(9-15(14)23(25)26)10-21-22-17(24)11-27-16-5-1-3-13-4-2-8-20-18(13)16/h1-10H,11H2,(H,22,24)/b21-10-. The number of rotatable bonds is 6. The summed E-state index contributed by atoms with van der Waals surface area (Å²) in [6.45, 7) is 0. The largest absolute Gasteiger partial charge is 0.288 e. The van der Waals surface area contributed by atoms with Gasteiger partial charge in [0.15, 0.2) is 0 Å². The number of hydrogen-bond donors (Lipinski definition) is 1. The predicted molar refractivity (Wildman–Crippen MR) is 106 cm³/mol. The minimum atomic E-state index is -0.576. The van der Waals surface area contributed by atoms with E-state index in [4.69, 9.17) is 11.6 Å². The lowest BCUT2D eigenvalue weighted by Crippen LogP contribution is -2.19. The first-order chi connectivity index (χ1) is 13.0. The van der Waals surface area contributed by atoms with Gasteiger partial charge in [0.2, 0.25) is 5.91 Å². The van der Waals surface area contributed by atoms with Gasteiger partial charge in [0, 0.05) is 28.1 Å². The Kier molecular flexibility index (Phi) is 6.00. The van der Waals surface area contributed by atoms with Crippen LogP contribution in [0.3, 0.4) is 0 Å². The second kappa shape index (κ2) is 8.61. The predicted octanol–water partition coefficient (Wildman–Crippen LogP) is 4.04. The van der Waals surface area contributed by atoms with Crippen LogP contribution < -0.4 is 5.43 Å². The molecule has 136 valence electrons. The van der Waals surface area contributed by atoms with Gasteiger partial charge in [-0.3, -0.25) is 19.9 Å². The van der Waals surface area contributed by atoms with E-state index in [1.54, 1.807) is 12.3 Å². The molecule has 0 atom stereocenters. The van der Waals surface area contributed by atoms with Gasteiger partial charge in [0.05, 0.1) is 22.4 Å². The molecule has 0 saturated heterocycles. The van der Waals surface area contributed by atoms with Crippen LogP contribution >= 0.6 is 23.4 Å². The summed E-state index contributed by atoms with van der Waals surface area (Å²) in [6, 6.07) is 13.9. The number of hydrazone groups is 1. The van der Waals surface area contributed by atoms with Gasteiger partial charge in [-0.25, -0.2) is 5.43 Å². The average Bonchev–Trinajstić information content (AvgIpc) is 2.67. The van der Waals surface area contributed by atoms with Crippen LogP contribution in [0.1, 0.15) is 5.56 Å². The fourth-order valence-electron chi connectivity index (χ4n) is 2.30. The third kappa shape index (κ3) is 4.81. The number of nitrogens with one attached hydrogen (secondary N) is 1. The zero-order valence-corrected chi connectivity index (χ0v) is 15.4. The monoisotopic (exact) mass is 400 g/mol. The molecule has 0 aliphatic heterocycles. The zero-order chi connectivity index (χ0) is 19.2. The highest BCUT2D eigenvalue weighted by Gasteiger charge is 2.12. The number of nitro groups is 1. The Balaban J connectivity index is 1.59. The van der Waals surface area contributed by atoms with Gasteiger partial charge in [-0.15, -0.1) is 11.8 Å².